The Bertz CT molecular complexity index is 783. The number of hydrogen-bond acceptors (Lipinski definition) is 3. The van der Waals surface area contributed by atoms with Crippen LogP contribution in [0.4, 0.5) is 18.9 Å². The Morgan fingerprint density at radius 3 is 2.28 bits per heavy atom. The number of nitrogens with one attached hydrogen (secondary N) is 1. The molecule has 0 saturated carbocycles. The molecule has 0 spiro atoms. The molecule has 1 N–H and O–H groups in total. The van der Waals surface area contributed by atoms with Gasteiger partial charge >= 0.3 is 12.1 Å². The van der Waals surface area contributed by atoms with E-state index in [2.05, 4.69) is 10.1 Å². The van der Waals surface area contributed by atoms with Crippen molar-refractivity contribution in [3.05, 3.63) is 64.7 Å². The van der Waals surface area contributed by atoms with Gasteiger partial charge in [0, 0.05) is 5.69 Å². The third-order valence-electron chi connectivity index (χ3n) is 3.66. The van der Waals surface area contributed by atoms with Crippen molar-refractivity contribution >= 4 is 17.6 Å². The van der Waals surface area contributed by atoms with E-state index in [1.165, 1.54) is 19.2 Å². The fourth-order valence-corrected chi connectivity index (χ4v) is 2.29. The van der Waals surface area contributed by atoms with Crippen molar-refractivity contribution in [2.75, 3.05) is 12.4 Å². The molecule has 2 aromatic carbocycles. The van der Waals surface area contributed by atoms with Crippen LogP contribution in [0.1, 0.15) is 27.0 Å². The van der Waals surface area contributed by atoms with E-state index in [-0.39, 0.29) is 6.42 Å². The quantitative estimate of drug-likeness (QED) is 0.848. The summed E-state index contributed by atoms with van der Waals surface area (Å²) in [5, 5.41) is 2.65. The molecule has 0 aromatic heterocycles. The molecule has 0 aliphatic carbocycles. The summed E-state index contributed by atoms with van der Waals surface area (Å²) in [6.07, 6.45) is -4.49. The molecular formula is C18H16F3NO3. The molecule has 0 aliphatic rings. The van der Waals surface area contributed by atoms with E-state index >= 15 is 0 Å². The maximum absolute atomic E-state index is 12.5. The second-order valence-electron chi connectivity index (χ2n) is 5.39. The molecule has 2 aromatic rings. The van der Waals surface area contributed by atoms with Crippen LogP contribution < -0.4 is 5.32 Å². The number of carbonyl (C=O) groups excluding carboxylic acids is 2. The van der Waals surface area contributed by atoms with Gasteiger partial charge in [-0.1, -0.05) is 18.2 Å². The normalized spacial score (nSPS) is 11.1. The molecule has 4 nitrogen and oxygen atoms in total. The summed E-state index contributed by atoms with van der Waals surface area (Å²) in [4.78, 5) is 23.8. The van der Waals surface area contributed by atoms with E-state index < -0.39 is 23.6 Å². The van der Waals surface area contributed by atoms with Gasteiger partial charge in [-0.05, 0) is 42.3 Å². The number of benzene rings is 2. The lowest BCUT2D eigenvalue weighted by Crippen LogP contribution is -2.16. The number of rotatable bonds is 4. The van der Waals surface area contributed by atoms with Crippen molar-refractivity contribution in [2.24, 2.45) is 0 Å². The van der Waals surface area contributed by atoms with Crippen LogP contribution in [0.2, 0.25) is 0 Å². The first-order chi connectivity index (χ1) is 11.7. The van der Waals surface area contributed by atoms with Crippen molar-refractivity contribution in [3.63, 3.8) is 0 Å². The minimum Gasteiger partial charge on any atom is -0.465 e. The van der Waals surface area contributed by atoms with Gasteiger partial charge in [0.05, 0.1) is 24.7 Å². The van der Waals surface area contributed by atoms with Crippen LogP contribution in [0.5, 0.6) is 0 Å². The second kappa shape index (κ2) is 7.38. The molecule has 132 valence electrons. The Balaban J connectivity index is 2.09. The van der Waals surface area contributed by atoms with Gasteiger partial charge in [-0.15, -0.1) is 0 Å². The van der Waals surface area contributed by atoms with Crippen molar-refractivity contribution < 1.29 is 27.5 Å². The summed E-state index contributed by atoms with van der Waals surface area (Å²) >= 11 is 0. The van der Waals surface area contributed by atoms with Crippen LogP contribution in [0.3, 0.4) is 0 Å². The van der Waals surface area contributed by atoms with Gasteiger partial charge in [0.15, 0.2) is 0 Å². The van der Waals surface area contributed by atoms with E-state index in [1.807, 2.05) is 0 Å². The van der Waals surface area contributed by atoms with Crippen LogP contribution in [-0.4, -0.2) is 19.0 Å². The number of carbonyl (C=O) groups is 2. The second-order valence-corrected chi connectivity index (χ2v) is 5.39. The number of anilines is 1. The monoisotopic (exact) mass is 351 g/mol. The molecule has 0 radical (unpaired) electrons. The Morgan fingerprint density at radius 1 is 1.08 bits per heavy atom. The molecule has 2 rings (SSSR count). The van der Waals surface area contributed by atoms with E-state index in [0.29, 0.717) is 22.4 Å². The Labute approximate surface area is 142 Å². The number of halogens is 3. The highest BCUT2D eigenvalue weighted by Crippen LogP contribution is 2.29. The summed E-state index contributed by atoms with van der Waals surface area (Å²) in [6.45, 7) is 1.67. The standard InChI is InChI=1S/C18H16F3NO3/c1-11-14(17(24)25-2)4-3-5-15(11)22-16(23)10-12-6-8-13(9-7-12)18(19,20)21/h3-9H,10H2,1-2H3,(H,22,23). The summed E-state index contributed by atoms with van der Waals surface area (Å²) in [7, 11) is 1.26. The van der Waals surface area contributed by atoms with E-state index in [0.717, 1.165) is 12.1 Å². The Hall–Kier alpha value is -2.83. The van der Waals surface area contributed by atoms with Crippen LogP contribution in [0, 0.1) is 6.92 Å². The highest BCUT2D eigenvalue weighted by molar-refractivity contribution is 5.97. The minimum absolute atomic E-state index is 0.0833. The Kier molecular flexibility index (Phi) is 5.46. The zero-order valence-corrected chi connectivity index (χ0v) is 13.6. The first kappa shape index (κ1) is 18.5. The predicted octanol–water partition coefficient (Wildman–Crippen LogP) is 3.98. The molecule has 25 heavy (non-hydrogen) atoms. The number of ether oxygens (including phenoxy) is 1. The minimum atomic E-state index is -4.41. The van der Waals surface area contributed by atoms with Crippen LogP contribution in [0.25, 0.3) is 0 Å². The van der Waals surface area contributed by atoms with Crippen LogP contribution in [-0.2, 0) is 22.1 Å². The van der Waals surface area contributed by atoms with Gasteiger partial charge in [-0.2, -0.15) is 13.2 Å². The molecular weight excluding hydrogens is 335 g/mol. The SMILES string of the molecule is COC(=O)c1cccc(NC(=O)Cc2ccc(C(F)(F)F)cc2)c1C. The smallest absolute Gasteiger partial charge is 0.416 e. The van der Waals surface area contributed by atoms with Gasteiger partial charge in [0.25, 0.3) is 0 Å². The lowest BCUT2D eigenvalue weighted by Gasteiger charge is -2.12. The number of amides is 1. The van der Waals surface area contributed by atoms with Gasteiger partial charge < -0.3 is 10.1 Å². The number of hydrogen-bond donors (Lipinski definition) is 1. The molecule has 7 heteroatoms. The number of methoxy groups -OCH3 is 1. The predicted molar refractivity (Wildman–Crippen MR) is 86.3 cm³/mol. The molecule has 1 amide bonds. The third-order valence-corrected chi connectivity index (χ3v) is 3.66. The maximum atomic E-state index is 12.5. The van der Waals surface area contributed by atoms with Crippen LogP contribution >= 0.6 is 0 Å². The van der Waals surface area contributed by atoms with Gasteiger partial charge in [0.1, 0.15) is 0 Å². The Morgan fingerprint density at radius 2 is 1.72 bits per heavy atom. The van der Waals surface area contributed by atoms with Gasteiger partial charge in [-0.25, -0.2) is 4.79 Å². The summed E-state index contributed by atoms with van der Waals surface area (Å²) in [5.74, 6) is -0.916. The van der Waals surface area contributed by atoms with Crippen molar-refractivity contribution in [1.29, 1.82) is 0 Å². The molecule has 0 unspecified atom stereocenters. The fourth-order valence-electron chi connectivity index (χ4n) is 2.29. The average Bonchev–Trinajstić information content (AvgIpc) is 2.55. The van der Waals surface area contributed by atoms with Crippen molar-refractivity contribution in [3.8, 4) is 0 Å². The van der Waals surface area contributed by atoms with E-state index in [1.54, 1.807) is 25.1 Å². The number of esters is 1. The average molecular weight is 351 g/mol. The van der Waals surface area contributed by atoms with Crippen molar-refractivity contribution in [1.82, 2.24) is 0 Å². The molecule has 0 bridgehead atoms. The van der Waals surface area contributed by atoms with E-state index in [4.69, 9.17) is 0 Å². The number of alkyl halides is 3. The summed E-state index contributed by atoms with van der Waals surface area (Å²) < 4.78 is 42.3. The lowest BCUT2D eigenvalue weighted by atomic mass is 10.1. The largest absolute Gasteiger partial charge is 0.465 e. The zero-order valence-electron chi connectivity index (χ0n) is 13.6. The summed E-state index contributed by atoms with van der Waals surface area (Å²) in [6, 6.07) is 9.21. The van der Waals surface area contributed by atoms with Crippen LogP contribution in [0.15, 0.2) is 42.5 Å². The van der Waals surface area contributed by atoms with Gasteiger partial charge in [-0.3, -0.25) is 4.79 Å². The molecule has 0 heterocycles. The third kappa shape index (κ3) is 4.59. The zero-order chi connectivity index (χ0) is 18.6. The lowest BCUT2D eigenvalue weighted by molar-refractivity contribution is -0.137. The molecule has 0 fully saturated rings. The first-order valence-electron chi connectivity index (χ1n) is 7.36. The van der Waals surface area contributed by atoms with Gasteiger partial charge in [0.2, 0.25) is 5.91 Å². The van der Waals surface area contributed by atoms with E-state index in [9.17, 15) is 22.8 Å². The maximum Gasteiger partial charge on any atom is 0.416 e. The molecule has 0 saturated heterocycles. The first-order valence-corrected chi connectivity index (χ1v) is 7.36. The fraction of sp³-hybridized carbons (Fsp3) is 0.222. The highest BCUT2D eigenvalue weighted by atomic mass is 19.4. The van der Waals surface area contributed by atoms with Crippen molar-refractivity contribution in [2.45, 2.75) is 19.5 Å². The molecule has 0 atom stereocenters. The summed E-state index contributed by atoms with van der Waals surface area (Å²) in [5.41, 5.74) is 1.01. The highest BCUT2D eigenvalue weighted by Gasteiger charge is 2.30. The topological polar surface area (TPSA) is 55.4 Å². The molecule has 0 aliphatic heterocycles.